The molecule has 10 heteroatoms. The maximum atomic E-state index is 13.7. The molecule has 0 atom stereocenters. The van der Waals surface area contributed by atoms with Crippen LogP contribution >= 0.6 is 22.9 Å². The van der Waals surface area contributed by atoms with E-state index < -0.39 is 0 Å². The van der Waals surface area contributed by atoms with Gasteiger partial charge in [0.25, 0.3) is 5.56 Å². The maximum absolute atomic E-state index is 13.7. The quantitative estimate of drug-likeness (QED) is 0.394. The maximum Gasteiger partial charge on any atom is 0.268 e. The summed E-state index contributed by atoms with van der Waals surface area (Å²) in [7, 11) is 0. The van der Waals surface area contributed by atoms with Gasteiger partial charge in [-0.05, 0) is 64.0 Å². The molecule has 4 heterocycles. The standard InChI is InChI=1S/C26H29ClN6O2S/c1-17-13-22(30-33(17)20-8-6-7-19(27)14-20)24-18(2)29-26-32(25(24)35)21(16-36-26)15-23(34)28-9-12-31-10-4-3-5-11-31/h6-8,13-14,16H,3-5,9-12,15H2,1-2H3,(H,28,34). The summed E-state index contributed by atoms with van der Waals surface area (Å²) in [5.41, 5.74) is 3.68. The number of thiazole rings is 1. The molecule has 4 aromatic rings. The monoisotopic (exact) mass is 524 g/mol. The van der Waals surface area contributed by atoms with Crippen molar-refractivity contribution in [2.45, 2.75) is 39.5 Å². The highest BCUT2D eigenvalue weighted by atomic mass is 35.5. The van der Waals surface area contributed by atoms with Crippen LogP contribution in [0, 0.1) is 13.8 Å². The van der Waals surface area contributed by atoms with Crippen LogP contribution < -0.4 is 10.9 Å². The van der Waals surface area contributed by atoms with Crippen molar-refractivity contribution >= 4 is 33.8 Å². The van der Waals surface area contributed by atoms with Gasteiger partial charge in [0.05, 0.1) is 23.4 Å². The molecule has 8 nitrogen and oxygen atoms in total. The Labute approximate surface area is 218 Å². The number of carbonyl (C=O) groups is 1. The number of aryl methyl sites for hydroxylation is 2. The van der Waals surface area contributed by atoms with Crippen LogP contribution in [0.1, 0.15) is 36.3 Å². The number of hydrogen-bond donors (Lipinski definition) is 1. The molecular formula is C26H29ClN6O2S. The normalized spacial score (nSPS) is 14.4. The molecule has 1 N–H and O–H groups in total. The molecule has 1 aliphatic heterocycles. The van der Waals surface area contributed by atoms with Crippen LogP contribution in [0.15, 0.2) is 40.5 Å². The van der Waals surface area contributed by atoms with E-state index in [1.165, 1.54) is 30.6 Å². The second-order valence-electron chi connectivity index (χ2n) is 9.21. The molecule has 36 heavy (non-hydrogen) atoms. The molecule has 1 amide bonds. The summed E-state index contributed by atoms with van der Waals surface area (Å²) < 4.78 is 3.31. The SMILES string of the molecule is Cc1nc2scc(CC(=O)NCCN3CCCCC3)n2c(=O)c1-c1cc(C)n(-c2cccc(Cl)c2)n1. The van der Waals surface area contributed by atoms with Crippen LogP contribution in [0.4, 0.5) is 0 Å². The van der Waals surface area contributed by atoms with E-state index in [1.54, 1.807) is 15.1 Å². The second-order valence-corrected chi connectivity index (χ2v) is 10.5. The van der Waals surface area contributed by atoms with Crippen molar-refractivity contribution in [2.24, 2.45) is 0 Å². The third-order valence-corrected chi connectivity index (χ3v) is 7.67. The highest BCUT2D eigenvalue weighted by Crippen LogP contribution is 2.24. The van der Waals surface area contributed by atoms with Gasteiger partial charge < -0.3 is 10.2 Å². The number of amides is 1. The predicted molar refractivity (Wildman–Crippen MR) is 143 cm³/mol. The van der Waals surface area contributed by atoms with Crippen molar-refractivity contribution in [1.82, 2.24) is 29.4 Å². The zero-order chi connectivity index (χ0) is 25.2. The first-order valence-corrected chi connectivity index (χ1v) is 13.5. The van der Waals surface area contributed by atoms with E-state index in [-0.39, 0.29) is 17.9 Å². The van der Waals surface area contributed by atoms with Gasteiger partial charge in [-0.2, -0.15) is 5.10 Å². The van der Waals surface area contributed by atoms with Gasteiger partial charge in [-0.3, -0.25) is 14.0 Å². The zero-order valence-electron chi connectivity index (χ0n) is 20.5. The molecule has 1 aliphatic rings. The molecule has 188 valence electrons. The first-order valence-electron chi connectivity index (χ1n) is 12.2. The minimum Gasteiger partial charge on any atom is -0.354 e. The number of fused-ring (bicyclic) bond motifs is 1. The minimum atomic E-state index is -0.217. The summed E-state index contributed by atoms with van der Waals surface area (Å²) in [6, 6.07) is 9.28. The lowest BCUT2D eigenvalue weighted by Gasteiger charge is -2.26. The summed E-state index contributed by atoms with van der Waals surface area (Å²) in [6.07, 6.45) is 3.87. The Balaban J connectivity index is 1.39. The van der Waals surface area contributed by atoms with E-state index in [1.807, 2.05) is 43.5 Å². The van der Waals surface area contributed by atoms with Gasteiger partial charge in [0.1, 0.15) is 5.69 Å². The second kappa shape index (κ2) is 10.5. The third kappa shape index (κ3) is 5.09. The molecule has 5 rings (SSSR count). The molecule has 0 saturated carbocycles. The number of halogens is 1. The van der Waals surface area contributed by atoms with Gasteiger partial charge in [0, 0.05) is 34.9 Å². The van der Waals surface area contributed by atoms with Crippen molar-refractivity contribution in [3.63, 3.8) is 0 Å². The first kappa shape index (κ1) is 24.7. The fourth-order valence-electron chi connectivity index (χ4n) is 4.75. The molecule has 0 radical (unpaired) electrons. The van der Waals surface area contributed by atoms with Crippen molar-refractivity contribution in [2.75, 3.05) is 26.2 Å². The molecule has 0 bridgehead atoms. The number of likely N-dealkylation sites (tertiary alicyclic amines) is 1. The van der Waals surface area contributed by atoms with E-state index in [9.17, 15) is 9.59 Å². The average Bonchev–Trinajstić information content (AvgIpc) is 3.43. The molecular weight excluding hydrogens is 496 g/mol. The molecule has 1 aromatic carbocycles. The fourth-order valence-corrected chi connectivity index (χ4v) is 5.86. The van der Waals surface area contributed by atoms with Gasteiger partial charge >= 0.3 is 0 Å². The van der Waals surface area contributed by atoms with Crippen LogP contribution in [0.2, 0.25) is 5.02 Å². The molecule has 0 unspecified atom stereocenters. The van der Waals surface area contributed by atoms with Crippen LogP contribution in [-0.2, 0) is 11.2 Å². The molecule has 0 spiro atoms. The Morgan fingerprint density at radius 1 is 1.17 bits per heavy atom. The Morgan fingerprint density at radius 3 is 2.75 bits per heavy atom. The van der Waals surface area contributed by atoms with Crippen molar-refractivity contribution < 1.29 is 4.79 Å². The number of piperidine rings is 1. The lowest BCUT2D eigenvalue weighted by molar-refractivity contribution is -0.120. The predicted octanol–water partition coefficient (Wildman–Crippen LogP) is 4.02. The average molecular weight is 525 g/mol. The third-order valence-electron chi connectivity index (χ3n) is 6.56. The summed E-state index contributed by atoms with van der Waals surface area (Å²) in [4.78, 5) is 34.0. The summed E-state index contributed by atoms with van der Waals surface area (Å²) in [6.45, 7) is 7.41. The van der Waals surface area contributed by atoms with E-state index >= 15 is 0 Å². The number of hydrogen-bond acceptors (Lipinski definition) is 6. The molecule has 1 saturated heterocycles. The van der Waals surface area contributed by atoms with Crippen LogP contribution in [0.3, 0.4) is 0 Å². The summed E-state index contributed by atoms with van der Waals surface area (Å²) >= 11 is 7.53. The van der Waals surface area contributed by atoms with Gasteiger partial charge in [-0.25, -0.2) is 9.67 Å². The largest absolute Gasteiger partial charge is 0.354 e. The van der Waals surface area contributed by atoms with Gasteiger partial charge in [-0.15, -0.1) is 11.3 Å². The van der Waals surface area contributed by atoms with Crippen LogP contribution in [0.5, 0.6) is 0 Å². The Kier molecular flexibility index (Phi) is 7.22. The number of rotatable bonds is 7. The van der Waals surface area contributed by atoms with Crippen LogP contribution in [-0.4, -0.2) is 56.2 Å². The fraction of sp³-hybridized carbons (Fsp3) is 0.385. The Hall–Kier alpha value is -3.01. The minimum absolute atomic E-state index is 0.0955. The first-order chi connectivity index (χ1) is 17.4. The number of benzene rings is 1. The van der Waals surface area contributed by atoms with Gasteiger partial charge in [-0.1, -0.05) is 24.1 Å². The summed E-state index contributed by atoms with van der Waals surface area (Å²) in [5, 5.41) is 10.2. The molecule has 1 fully saturated rings. The molecule has 3 aromatic heterocycles. The number of aromatic nitrogens is 4. The van der Waals surface area contributed by atoms with E-state index in [4.69, 9.17) is 16.7 Å². The summed E-state index contributed by atoms with van der Waals surface area (Å²) in [5.74, 6) is -0.0955. The van der Waals surface area contributed by atoms with Crippen molar-refractivity contribution in [3.8, 4) is 16.9 Å². The topological polar surface area (TPSA) is 84.5 Å². The van der Waals surface area contributed by atoms with Crippen molar-refractivity contribution in [3.05, 3.63) is 68.2 Å². The molecule has 0 aliphatic carbocycles. The Bertz CT molecular complexity index is 1470. The van der Waals surface area contributed by atoms with E-state index in [0.717, 1.165) is 31.0 Å². The highest BCUT2D eigenvalue weighted by Gasteiger charge is 2.20. The number of nitrogens with one attached hydrogen (secondary N) is 1. The van der Waals surface area contributed by atoms with E-state index in [0.29, 0.717) is 39.2 Å². The Morgan fingerprint density at radius 2 is 1.97 bits per heavy atom. The number of carbonyl (C=O) groups excluding carboxylic acids is 1. The van der Waals surface area contributed by atoms with Gasteiger partial charge in [0.15, 0.2) is 4.96 Å². The lowest BCUT2D eigenvalue weighted by atomic mass is 10.1. The number of nitrogens with zero attached hydrogens (tertiary/aromatic N) is 5. The van der Waals surface area contributed by atoms with Gasteiger partial charge in [0.2, 0.25) is 5.91 Å². The van der Waals surface area contributed by atoms with Crippen molar-refractivity contribution in [1.29, 1.82) is 0 Å². The van der Waals surface area contributed by atoms with Crippen LogP contribution in [0.25, 0.3) is 21.9 Å². The highest BCUT2D eigenvalue weighted by molar-refractivity contribution is 7.15. The lowest BCUT2D eigenvalue weighted by Crippen LogP contribution is -2.38. The smallest absolute Gasteiger partial charge is 0.268 e. The van der Waals surface area contributed by atoms with E-state index in [2.05, 4.69) is 15.2 Å². The zero-order valence-corrected chi connectivity index (χ0v) is 22.0.